The van der Waals surface area contributed by atoms with Crippen LogP contribution in [0.15, 0.2) is 18.2 Å². The molecule has 2 amide bonds. The fraction of sp³-hybridized carbons (Fsp3) is 0.391. The van der Waals surface area contributed by atoms with Crippen LogP contribution in [-0.4, -0.2) is 53.2 Å². The van der Waals surface area contributed by atoms with Crippen molar-refractivity contribution in [1.82, 2.24) is 14.8 Å². The largest absolute Gasteiger partial charge is 0.346 e. The monoisotopic (exact) mass is 439 g/mol. The minimum atomic E-state index is -0.695. The van der Waals surface area contributed by atoms with Crippen LogP contribution < -0.4 is 10.6 Å². The maximum absolute atomic E-state index is 13.6. The number of likely N-dealkylation sites (tertiary alicyclic amines) is 1. The molecule has 168 valence electrons. The molecular weight excluding hydrogens is 413 g/mol. The van der Waals surface area contributed by atoms with Crippen molar-refractivity contribution in [1.29, 1.82) is 5.26 Å². The van der Waals surface area contributed by atoms with Gasteiger partial charge in [-0.05, 0) is 70.6 Å². The van der Waals surface area contributed by atoms with Crippen LogP contribution >= 0.6 is 0 Å². The second kappa shape index (κ2) is 9.32. The molecule has 1 aromatic heterocycles. The van der Waals surface area contributed by atoms with Gasteiger partial charge in [-0.15, -0.1) is 0 Å². The highest BCUT2D eigenvalue weighted by atomic mass is 19.1. The van der Waals surface area contributed by atoms with Crippen molar-refractivity contribution in [3.8, 4) is 6.07 Å². The van der Waals surface area contributed by atoms with Crippen molar-refractivity contribution in [2.45, 2.75) is 32.7 Å². The van der Waals surface area contributed by atoms with Gasteiger partial charge in [0.2, 0.25) is 0 Å². The Morgan fingerprint density at radius 3 is 2.44 bits per heavy atom. The standard InChI is InChI=1S/C23H26FN5O3/c1-13-19(22(31)27-17-5-6-18(24)15(11-17)12-25)14(2)29(4)20(13)21(30)23(32)26-16-7-9-28(3)10-8-16/h5-6,11,16H,7-10H2,1-4H3,(H,26,32)(H,27,31). The van der Waals surface area contributed by atoms with E-state index >= 15 is 0 Å². The summed E-state index contributed by atoms with van der Waals surface area (Å²) in [6.45, 7) is 4.99. The molecule has 32 heavy (non-hydrogen) atoms. The minimum Gasteiger partial charge on any atom is -0.346 e. The van der Waals surface area contributed by atoms with Gasteiger partial charge in [0.15, 0.2) is 0 Å². The highest BCUT2D eigenvalue weighted by molar-refractivity contribution is 6.43. The van der Waals surface area contributed by atoms with Gasteiger partial charge in [0.05, 0.1) is 16.8 Å². The normalized spacial score (nSPS) is 14.6. The topological polar surface area (TPSA) is 107 Å². The smallest absolute Gasteiger partial charge is 0.294 e. The second-order valence-electron chi connectivity index (χ2n) is 8.13. The Morgan fingerprint density at radius 2 is 1.81 bits per heavy atom. The summed E-state index contributed by atoms with van der Waals surface area (Å²) in [6, 6.07) is 5.36. The molecule has 0 unspecified atom stereocenters. The molecule has 9 heteroatoms. The molecule has 0 spiro atoms. The average molecular weight is 439 g/mol. The van der Waals surface area contributed by atoms with E-state index in [0.717, 1.165) is 32.0 Å². The molecule has 2 N–H and O–H groups in total. The number of nitrogens with zero attached hydrogens (tertiary/aromatic N) is 3. The number of benzene rings is 1. The summed E-state index contributed by atoms with van der Waals surface area (Å²) in [6.07, 6.45) is 1.55. The van der Waals surface area contributed by atoms with Gasteiger partial charge in [-0.3, -0.25) is 14.4 Å². The fourth-order valence-electron chi connectivity index (χ4n) is 4.03. The number of nitrogens with one attached hydrogen (secondary N) is 2. The number of carbonyl (C=O) groups is 3. The van der Waals surface area contributed by atoms with E-state index in [0.29, 0.717) is 11.3 Å². The van der Waals surface area contributed by atoms with Gasteiger partial charge in [0.25, 0.3) is 17.6 Å². The van der Waals surface area contributed by atoms with Gasteiger partial charge in [-0.25, -0.2) is 4.39 Å². The van der Waals surface area contributed by atoms with Gasteiger partial charge in [-0.1, -0.05) is 0 Å². The number of nitriles is 1. The summed E-state index contributed by atoms with van der Waals surface area (Å²) in [7, 11) is 3.64. The second-order valence-corrected chi connectivity index (χ2v) is 8.13. The summed E-state index contributed by atoms with van der Waals surface area (Å²) in [5, 5.41) is 14.4. The first-order valence-corrected chi connectivity index (χ1v) is 10.3. The number of piperidine rings is 1. The number of hydrogen-bond donors (Lipinski definition) is 2. The molecule has 0 saturated carbocycles. The molecule has 0 aliphatic carbocycles. The van der Waals surface area contributed by atoms with Crippen molar-refractivity contribution in [2.75, 3.05) is 25.5 Å². The lowest BCUT2D eigenvalue weighted by Crippen LogP contribution is -2.45. The molecule has 0 atom stereocenters. The summed E-state index contributed by atoms with van der Waals surface area (Å²) in [4.78, 5) is 40.7. The zero-order chi connectivity index (χ0) is 23.6. The molecule has 3 rings (SSSR count). The Morgan fingerprint density at radius 1 is 1.16 bits per heavy atom. The van der Waals surface area contributed by atoms with Crippen molar-refractivity contribution in [3.05, 3.63) is 52.1 Å². The first-order valence-electron chi connectivity index (χ1n) is 10.3. The minimum absolute atomic E-state index is 0.0557. The van der Waals surface area contributed by atoms with E-state index in [1.807, 2.05) is 7.05 Å². The number of aromatic nitrogens is 1. The molecule has 1 aliphatic rings. The Balaban J connectivity index is 1.81. The van der Waals surface area contributed by atoms with Crippen LogP contribution in [0.2, 0.25) is 0 Å². The van der Waals surface area contributed by atoms with Gasteiger partial charge in [0, 0.05) is 24.5 Å². The lowest BCUT2D eigenvalue weighted by molar-refractivity contribution is -0.118. The van der Waals surface area contributed by atoms with E-state index in [1.165, 1.54) is 16.7 Å². The molecule has 2 heterocycles. The Bertz CT molecular complexity index is 1120. The molecule has 2 aromatic rings. The van der Waals surface area contributed by atoms with Crippen LogP contribution in [0.3, 0.4) is 0 Å². The van der Waals surface area contributed by atoms with Crippen LogP contribution in [0.25, 0.3) is 0 Å². The number of carbonyl (C=O) groups excluding carboxylic acids is 3. The molecule has 1 aromatic carbocycles. The summed E-state index contributed by atoms with van der Waals surface area (Å²) in [5.41, 5.74) is 1.36. The van der Waals surface area contributed by atoms with E-state index in [-0.39, 0.29) is 28.6 Å². The summed E-state index contributed by atoms with van der Waals surface area (Å²) >= 11 is 0. The molecule has 8 nitrogen and oxygen atoms in total. The number of amides is 2. The summed E-state index contributed by atoms with van der Waals surface area (Å²) < 4.78 is 15.1. The third kappa shape index (κ3) is 4.55. The number of ketones is 1. The van der Waals surface area contributed by atoms with Crippen molar-refractivity contribution in [3.63, 3.8) is 0 Å². The lowest BCUT2D eigenvalue weighted by Gasteiger charge is -2.29. The third-order valence-corrected chi connectivity index (χ3v) is 5.98. The third-order valence-electron chi connectivity index (χ3n) is 5.98. The van der Waals surface area contributed by atoms with E-state index < -0.39 is 23.4 Å². The van der Waals surface area contributed by atoms with Gasteiger partial charge >= 0.3 is 0 Å². The van der Waals surface area contributed by atoms with E-state index in [4.69, 9.17) is 5.26 Å². The highest BCUT2D eigenvalue weighted by Crippen LogP contribution is 2.24. The van der Waals surface area contributed by atoms with Gasteiger partial charge < -0.3 is 20.1 Å². The van der Waals surface area contributed by atoms with Gasteiger partial charge in [-0.2, -0.15) is 5.26 Å². The zero-order valence-electron chi connectivity index (χ0n) is 18.6. The fourth-order valence-corrected chi connectivity index (χ4v) is 4.03. The van der Waals surface area contributed by atoms with Gasteiger partial charge in [0.1, 0.15) is 11.9 Å². The van der Waals surface area contributed by atoms with E-state index in [1.54, 1.807) is 27.0 Å². The number of halogens is 1. The molecule has 0 bridgehead atoms. The van der Waals surface area contributed by atoms with Crippen LogP contribution in [0.4, 0.5) is 10.1 Å². The lowest BCUT2D eigenvalue weighted by atomic mass is 10.0. The average Bonchev–Trinajstić information content (AvgIpc) is 2.98. The van der Waals surface area contributed by atoms with Crippen molar-refractivity contribution in [2.24, 2.45) is 7.05 Å². The Kier molecular flexibility index (Phi) is 6.75. The molecule has 1 fully saturated rings. The molecule has 1 aliphatic heterocycles. The Labute approximate surface area is 186 Å². The number of Topliss-reactive ketones (excluding diaryl/α,β-unsaturated/α-hetero) is 1. The van der Waals surface area contributed by atoms with Crippen LogP contribution in [0, 0.1) is 31.0 Å². The SMILES string of the molecule is Cc1c(C(=O)Nc2ccc(F)c(C#N)c2)c(C)n(C)c1C(=O)C(=O)NC1CCN(C)CC1. The zero-order valence-corrected chi connectivity index (χ0v) is 18.6. The predicted octanol–water partition coefficient (Wildman–Crippen LogP) is 2.30. The first kappa shape index (κ1) is 23.2. The molecule has 1 saturated heterocycles. The maximum Gasteiger partial charge on any atom is 0.294 e. The van der Waals surface area contributed by atoms with Crippen LogP contribution in [0.5, 0.6) is 0 Å². The van der Waals surface area contributed by atoms with E-state index in [9.17, 15) is 18.8 Å². The Hall–Kier alpha value is -3.51. The summed E-state index contributed by atoms with van der Waals surface area (Å²) in [5.74, 6) is -2.58. The predicted molar refractivity (Wildman–Crippen MR) is 117 cm³/mol. The number of anilines is 1. The quantitative estimate of drug-likeness (QED) is 0.549. The van der Waals surface area contributed by atoms with Crippen molar-refractivity contribution < 1.29 is 18.8 Å². The van der Waals surface area contributed by atoms with Crippen LogP contribution in [-0.2, 0) is 11.8 Å². The maximum atomic E-state index is 13.6. The first-order chi connectivity index (χ1) is 15.1. The number of hydrogen-bond acceptors (Lipinski definition) is 5. The molecular formula is C23H26FN5O3. The number of rotatable bonds is 5. The van der Waals surface area contributed by atoms with Crippen molar-refractivity contribution >= 4 is 23.3 Å². The molecule has 0 radical (unpaired) electrons. The van der Waals surface area contributed by atoms with E-state index in [2.05, 4.69) is 15.5 Å². The van der Waals surface area contributed by atoms with Crippen LogP contribution in [0.1, 0.15) is 50.5 Å². The highest BCUT2D eigenvalue weighted by Gasteiger charge is 2.30.